The lowest BCUT2D eigenvalue weighted by Gasteiger charge is -2.13. The maximum Gasteiger partial charge on any atom is 0.305 e. The summed E-state index contributed by atoms with van der Waals surface area (Å²) in [4.78, 5) is 11.2. The quantitative estimate of drug-likeness (QED) is 0.455. The van der Waals surface area contributed by atoms with Gasteiger partial charge >= 0.3 is 5.97 Å². The summed E-state index contributed by atoms with van der Waals surface area (Å²) in [7, 11) is 1.57. The molecule has 5 nitrogen and oxygen atoms in total. The molecule has 0 radical (unpaired) electrons. The Morgan fingerprint density at radius 3 is 2.86 bits per heavy atom. The van der Waals surface area contributed by atoms with Crippen LogP contribution in [-0.2, 0) is 9.53 Å². The van der Waals surface area contributed by atoms with Crippen molar-refractivity contribution in [3.05, 3.63) is 23.2 Å². The number of methoxy groups -OCH3 is 1. The predicted octanol–water partition coefficient (Wildman–Crippen LogP) is 2.98. The lowest BCUT2D eigenvalue weighted by molar-refractivity contribution is -0.143. The van der Waals surface area contributed by atoms with E-state index in [4.69, 9.17) is 33.3 Å². The SMILES string of the molecule is CCOC(=O)CCCNC(=S)Nc1cc(Cl)ccc1OC. The van der Waals surface area contributed by atoms with Gasteiger partial charge in [-0.1, -0.05) is 11.6 Å². The number of benzene rings is 1. The molecule has 21 heavy (non-hydrogen) atoms. The van der Waals surface area contributed by atoms with Crippen LogP contribution >= 0.6 is 23.8 Å². The number of hydrogen-bond acceptors (Lipinski definition) is 4. The second-order valence-electron chi connectivity index (χ2n) is 4.13. The first kappa shape index (κ1) is 17.5. The van der Waals surface area contributed by atoms with Crippen LogP contribution < -0.4 is 15.4 Å². The van der Waals surface area contributed by atoms with Crippen LogP contribution in [0.3, 0.4) is 0 Å². The number of anilines is 1. The van der Waals surface area contributed by atoms with Crippen LogP contribution in [0.4, 0.5) is 5.69 Å². The van der Waals surface area contributed by atoms with Gasteiger partial charge in [-0.25, -0.2) is 0 Å². The molecule has 1 aromatic rings. The van der Waals surface area contributed by atoms with Crippen LogP contribution in [-0.4, -0.2) is 31.3 Å². The molecule has 1 rings (SSSR count). The Labute approximate surface area is 135 Å². The zero-order valence-corrected chi connectivity index (χ0v) is 13.6. The summed E-state index contributed by atoms with van der Waals surface area (Å²) in [6.07, 6.45) is 1.01. The number of hydrogen-bond donors (Lipinski definition) is 2. The van der Waals surface area contributed by atoms with Crippen molar-refractivity contribution in [1.82, 2.24) is 5.32 Å². The highest BCUT2D eigenvalue weighted by molar-refractivity contribution is 7.80. The van der Waals surface area contributed by atoms with Crippen molar-refractivity contribution in [3.8, 4) is 5.75 Å². The molecule has 0 atom stereocenters. The van der Waals surface area contributed by atoms with E-state index < -0.39 is 0 Å². The zero-order chi connectivity index (χ0) is 15.7. The van der Waals surface area contributed by atoms with Crippen LogP contribution in [0.5, 0.6) is 5.75 Å². The van der Waals surface area contributed by atoms with Crippen molar-refractivity contribution < 1.29 is 14.3 Å². The smallest absolute Gasteiger partial charge is 0.305 e. The third-order valence-corrected chi connectivity index (χ3v) is 3.04. The molecule has 0 saturated heterocycles. The zero-order valence-electron chi connectivity index (χ0n) is 12.1. The second-order valence-corrected chi connectivity index (χ2v) is 4.98. The molecule has 0 aliphatic rings. The van der Waals surface area contributed by atoms with Gasteiger partial charge in [-0.3, -0.25) is 4.79 Å². The highest BCUT2D eigenvalue weighted by Gasteiger charge is 2.06. The third kappa shape index (κ3) is 6.64. The summed E-state index contributed by atoms with van der Waals surface area (Å²) >= 11 is 11.1. The van der Waals surface area contributed by atoms with Crippen molar-refractivity contribution in [3.63, 3.8) is 0 Å². The minimum Gasteiger partial charge on any atom is -0.495 e. The summed E-state index contributed by atoms with van der Waals surface area (Å²) in [6, 6.07) is 5.22. The van der Waals surface area contributed by atoms with Crippen LogP contribution in [0.2, 0.25) is 5.02 Å². The first-order valence-corrected chi connectivity index (χ1v) is 7.39. The molecule has 7 heteroatoms. The number of rotatable bonds is 7. The summed E-state index contributed by atoms with van der Waals surface area (Å²) in [5, 5.41) is 7.05. The van der Waals surface area contributed by atoms with E-state index in [0.29, 0.717) is 47.6 Å². The van der Waals surface area contributed by atoms with E-state index in [-0.39, 0.29) is 5.97 Å². The molecule has 0 aliphatic heterocycles. The van der Waals surface area contributed by atoms with Crippen LogP contribution in [0.25, 0.3) is 0 Å². The molecule has 2 N–H and O–H groups in total. The van der Waals surface area contributed by atoms with Gasteiger partial charge in [0.2, 0.25) is 0 Å². The molecule has 0 unspecified atom stereocenters. The summed E-state index contributed by atoms with van der Waals surface area (Å²) in [5.41, 5.74) is 0.688. The second kappa shape index (κ2) is 9.41. The van der Waals surface area contributed by atoms with E-state index in [1.54, 1.807) is 32.2 Å². The molecule has 0 saturated carbocycles. The van der Waals surface area contributed by atoms with E-state index in [1.165, 1.54) is 0 Å². The molecular formula is C14H19ClN2O3S. The largest absolute Gasteiger partial charge is 0.495 e. The Balaban J connectivity index is 2.37. The summed E-state index contributed by atoms with van der Waals surface area (Å²) < 4.78 is 10.1. The molecule has 1 aromatic carbocycles. The molecular weight excluding hydrogens is 312 g/mol. The average molecular weight is 331 g/mol. The monoisotopic (exact) mass is 330 g/mol. The van der Waals surface area contributed by atoms with E-state index >= 15 is 0 Å². The Bertz CT molecular complexity index is 497. The Hall–Kier alpha value is -1.53. The maximum absolute atomic E-state index is 11.2. The molecule has 116 valence electrons. The van der Waals surface area contributed by atoms with Gasteiger partial charge in [0.1, 0.15) is 5.75 Å². The number of ether oxygens (including phenoxy) is 2. The maximum atomic E-state index is 11.2. The number of esters is 1. The lowest BCUT2D eigenvalue weighted by Crippen LogP contribution is -2.29. The first-order valence-electron chi connectivity index (χ1n) is 6.60. The van der Waals surface area contributed by atoms with Gasteiger partial charge in [0.25, 0.3) is 0 Å². The normalized spacial score (nSPS) is 9.86. The van der Waals surface area contributed by atoms with Crippen molar-refractivity contribution in [1.29, 1.82) is 0 Å². The molecule has 0 amide bonds. The van der Waals surface area contributed by atoms with Crippen molar-refractivity contribution in [2.75, 3.05) is 25.6 Å². The highest BCUT2D eigenvalue weighted by Crippen LogP contribution is 2.27. The minimum absolute atomic E-state index is 0.199. The van der Waals surface area contributed by atoms with Crippen LogP contribution in [0, 0.1) is 0 Å². The topological polar surface area (TPSA) is 59.6 Å². The van der Waals surface area contributed by atoms with Crippen LogP contribution in [0.1, 0.15) is 19.8 Å². The minimum atomic E-state index is -0.199. The van der Waals surface area contributed by atoms with Crippen LogP contribution in [0.15, 0.2) is 18.2 Å². The van der Waals surface area contributed by atoms with Gasteiger partial charge in [0, 0.05) is 18.0 Å². The molecule has 0 aromatic heterocycles. The number of carbonyl (C=O) groups is 1. The predicted molar refractivity (Wildman–Crippen MR) is 88.1 cm³/mol. The lowest BCUT2D eigenvalue weighted by atomic mass is 10.3. The fraction of sp³-hybridized carbons (Fsp3) is 0.429. The summed E-state index contributed by atoms with van der Waals surface area (Å²) in [5.74, 6) is 0.449. The Morgan fingerprint density at radius 1 is 1.43 bits per heavy atom. The molecule has 0 heterocycles. The van der Waals surface area contributed by atoms with Gasteiger partial charge in [0.15, 0.2) is 5.11 Å². The van der Waals surface area contributed by atoms with E-state index in [9.17, 15) is 4.79 Å². The first-order chi connectivity index (χ1) is 10.1. The summed E-state index contributed by atoms with van der Waals surface area (Å²) in [6.45, 7) is 2.77. The average Bonchev–Trinajstić information content (AvgIpc) is 2.44. The van der Waals surface area contributed by atoms with Crippen molar-refractivity contribution in [2.24, 2.45) is 0 Å². The standard InChI is InChI=1S/C14H19ClN2O3S/c1-3-20-13(18)5-4-8-16-14(21)17-11-9-10(15)6-7-12(11)19-2/h6-7,9H,3-5,8H2,1-2H3,(H2,16,17,21). The molecule has 0 spiro atoms. The fourth-order valence-electron chi connectivity index (χ4n) is 1.61. The van der Waals surface area contributed by atoms with Gasteiger partial charge in [-0.15, -0.1) is 0 Å². The molecule has 0 fully saturated rings. The number of nitrogens with one attached hydrogen (secondary N) is 2. The fourth-order valence-corrected chi connectivity index (χ4v) is 2.00. The molecule has 0 aliphatic carbocycles. The van der Waals surface area contributed by atoms with Gasteiger partial charge in [-0.2, -0.15) is 0 Å². The third-order valence-electron chi connectivity index (χ3n) is 2.56. The van der Waals surface area contributed by atoms with Crippen molar-refractivity contribution >= 4 is 40.6 Å². The van der Waals surface area contributed by atoms with Gasteiger partial charge < -0.3 is 20.1 Å². The van der Waals surface area contributed by atoms with Gasteiger partial charge in [-0.05, 0) is 43.8 Å². The van der Waals surface area contributed by atoms with E-state index in [2.05, 4.69) is 10.6 Å². The highest BCUT2D eigenvalue weighted by atomic mass is 35.5. The number of thiocarbonyl (C=S) groups is 1. The van der Waals surface area contributed by atoms with E-state index in [0.717, 1.165) is 0 Å². The van der Waals surface area contributed by atoms with Crippen molar-refractivity contribution in [2.45, 2.75) is 19.8 Å². The Kier molecular flexibility index (Phi) is 7.85. The number of carbonyl (C=O) groups excluding carboxylic acids is 1. The van der Waals surface area contributed by atoms with Gasteiger partial charge in [0.05, 0.1) is 19.4 Å². The number of halogens is 1. The van der Waals surface area contributed by atoms with E-state index in [1.807, 2.05) is 0 Å². The Morgan fingerprint density at radius 2 is 2.19 bits per heavy atom. The molecule has 0 bridgehead atoms.